The van der Waals surface area contributed by atoms with E-state index in [1.807, 2.05) is 7.05 Å². The Morgan fingerprint density at radius 3 is 2.54 bits per heavy atom. The van der Waals surface area contributed by atoms with Crippen LogP contribution in [0.15, 0.2) is 43.2 Å². The molecule has 0 saturated carbocycles. The van der Waals surface area contributed by atoms with Gasteiger partial charge in [0.1, 0.15) is 23.3 Å². The maximum Gasteiger partial charge on any atom is 0.225 e. The van der Waals surface area contributed by atoms with Gasteiger partial charge in [-0.15, -0.1) is 0 Å². The minimum Gasteiger partial charge on any atom is -0.383 e. The first-order chi connectivity index (χ1) is 19.0. The summed E-state index contributed by atoms with van der Waals surface area (Å²) >= 11 is 0. The number of halogens is 2. The van der Waals surface area contributed by atoms with Crippen molar-refractivity contribution in [3.8, 4) is 16.8 Å². The van der Waals surface area contributed by atoms with Gasteiger partial charge in [0.05, 0.1) is 17.4 Å². The quantitative estimate of drug-likeness (QED) is 0.263. The lowest BCUT2D eigenvalue weighted by Crippen LogP contribution is -2.43. The highest BCUT2D eigenvalue weighted by molar-refractivity contribution is 5.94. The third-order valence-electron chi connectivity index (χ3n) is 7.67. The molecule has 0 radical (unpaired) electrons. The summed E-state index contributed by atoms with van der Waals surface area (Å²) in [6.07, 6.45) is 13.2. The van der Waals surface area contributed by atoms with E-state index in [-0.39, 0.29) is 11.4 Å². The van der Waals surface area contributed by atoms with Crippen LogP contribution < -0.4 is 10.2 Å². The standard InChI is InChI=1S/C29H36F2N8/c1-4-6-7-12-34-24-9-8-23(30)28(26(24)31)39-18-22(20-15-32-19-33-16-20)27-25(39)17-35-29(36-27)37(3)21-10-13-38(5-2)14-11-21/h8-9,15-19,21,34H,4-7,10-14H2,1-3H3. The van der Waals surface area contributed by atoms with Gasteiger partial charge in [0.25, 0.3) is 0 Å². The van der Waals surface area contributed by atoms with Gasteiger partial charge in [-0.1, -0.05) is 26.7 Å². The molecule has 1 aliphatic heterocycles. The summed E-state index contributed by atoms with van der Waals surface area (Å²) in [5, 5.41) is 3.12. The van der Waals surface area contributed by atoms with Crippen molar-refractivity contribution in [2.24, 2.45) is 0 Å². The Balaban J connectivity index is 1.57. The van der Waals surface area contributed by atoms with Gasteiger partial charge < -0.3 is 19.7 Å². The van der Waals surface area contributed by atoms with Crippen molar-refractivity contribution in [2.45, 2.75) is 52.0 Å². The van der Waals surface area contributed by atoms with Gasteiger partial charge in [-0.25, -0.2) is 28.7 Å². The number of benzene rings is 1. The molecule has 1 N–H and O–H groups in total. The lowest BCUT2D eigenvalue weighted by Gasteiger charge is -2.36. The van der Waals surface area contributed by atoms with Crippen molar-refractivity contribution in [3.05, 3.63) is 54.9 Å². The zero-order chi connectivity index (χ0) is 27.4. The molecule has 4 heterocycles. The normalized spacial score (nSPS) is 14.7. The molecule has 0 atom stereocenters. The number of anilines is 2. The maximum atomic E-state index is 15.8. The Morgan fingerprint density at radius 2 is 1.82 bits per heavy atom. The van der Waals surface area contributed by atoms with E-state index in [0.29, 0.717) is 40.7 Å². The largest absolute Gasteiger partial charge is 0.383 e. The average Bonchev–Trinajstić information content (AvgIpc) is 3.35. The monoisotopic (exact) mass is 534 g/mol. The van der Waals surface area contributed by atoms with E-state index in [1.54, 1.807) is 24.8 Å². The molecule has 0 spiro atoms. The molecule has 0 unspecified atom stereocenters. The van der Waals surface area contributed by atoms with Crippen LogP contribution in [0.3, 0.4) is 0 Å². The smallest absolute Gasteiger partial charge is 0.225 e. The molecule has 206 valence electrons. The average molecular weight is 535 g/mol. The predicted molar refractivity (Wildman–Crippen MR) is 151 cm³/mol. The number of rotatable bonds is 10. The van der Waals surface area contributed by atoms with Crippen LogP contribution >= 0.6 is 0 Å². The molecule has 39 heavy (non-hydrogen) atoms. The predicted octanol–water partition coefficient (Wildman–Crippen LogP) is 5.68. The number of piperidine rings is 1. The van der Waals surface area contributed by atoms with Gasteiger partial charge in [-0.2, -0.15) is 0 Å². The molecule has 1 fully saturated rings. The van der Waals surface area contributed by atoms with Gasteiger partial charge in [-0.3, -0.25) is 0 Å². The van der Waals surface area contributed by atoms with Crippen LogP contribution in [0.4, 0.5) is 20.4 Å². The number of aromatic nitrogens is 5. The van der Waals surface area contributed by atoms with Crippen molar-refractivity contribution >= 4 is 22.7 Å². The van der Waals surface area contributed by atoms with Gasteiger partial charge in [0, 0.05) is 62.4 Å². The van der Waals surface area contributed by atoms with E-state index in [0.717, 1.165) is 51.7 Å². The number of unbranched alkanes of at least 4 members (excludes halogenated alkanes) is 2. The summed E-state index contributed by atoms with van der Waals surface area (Å²) in [7, 11) is 2.02. The van der Waals surface area contributed by atoms with Crippen LogP contribution in [0.2, 0.25) is 0 Å². The zero-order valence-corrected chi connectivity index (χ0v) is 22.9. The summed E-state index contributed by atoms with van der Waals surface area (Å²) in [5.74, 6) is -0.730. The summed E-state index contributed by atoms with van der Waals surface area (Å²) < 4.78 is 32.5. The highest BCUT2D eigenvalue weighted by Gasteiger charge is 2.26. The molecular weight excluding hydrogens is 498 g/mol. The van der Waals surface area contributed by atoms with Crippen molar-refractivity contribution in [1.82, 2.24) is 29.4 Å². The highest BCUT2D eigenvalue weighted by Crippen LogP contribution is 2.35. The maximum absolute atomic E-state index is 15.8. The molecule has 1 saturated heterocycles. The molecule has 0 bridgehead atoms. The Morgan fingerprint density at radius 1 is 1.05 bits per heavy atom. The minimum atomic E-state index is -0.664. The Labute approximate surface area is 228 Å². The van der Waals surface area contributed by atoms with E-state index < -0.39 is 11.6 Å². The number of fused-ring (bicyclic) bond motifs is 1. The summed E-state index contributed by atoms with van der Waals surface area (Å²) in [6, 6.07) is 3.07. The Kier molecular flexibility index (Phi) is 8.30. The fraction of sp³-hybridized carbons (Fsp3) is 0.448. The van der Waals surface area contributed by atoms with E-state index in [4.69, 9.17) is 4.98 Å². The second-order valence-corrected chi connectivity index (χ2v) is 10.1. The fourth-order valence-corrected chi connectivity index (χ4v) is 5.29. The van der Waals surface area contributed by atoms with Gasteiger partial charge in [0.2, 0.25) is 5.95 Å². The first-order valence-corrected chi connectivity index (χ1v) is 13.8. The SMILES string of the molecule is CCCCCNc1ccc(F)c(-n2cc(-c3cncnc3)c3nc(N(C)C4CCN(CC)CC4)ncc32)c1F. The van der Waals surface area contributed by atoms with Crippen LogP contribution in [0.25, 0.3) is 27.8 Å². The number of hydrogen-bond acceptors (Lipinski definition) is 7. The molecule has 5 rings (SSSR count). The van der Waals surface area contributed by atoms with Gasteiger partial charge in [-0.05, 0) is 37.9 Å². The minimum absolute atomic E-state index is 0.166. The first kappa shape index (κ1) is 26.9. The Hall–Kier alpha value is -3.66. The van der Waals surface area contributed by atoms with Crippen molar-refractivity contribution in [3.63, 3.8) is 0 Å². The fourth-order valence-electron chi connectivity index (χ4n) is 5.29. The molecule has 1 aromatic carbocycles. The van der Waals surface area contributed by atoms with Crippen LogP contribution in [0.1, 0.15) is 46.0 Å². The number of nitrogens with one attached hydrogen (secondary N) is 1. The van der Waals surface area contributed by atoms with Crippen LogP contribution in [0, 0.1) is 11.6 Å². The van der Waals surface area contributed by atoms with E-state index >= 15 is 8.78 Å². The zero-order valence-electron chi connectivity index (χ0n) is 22.9. The molecule has 10 heteroatoms. The van der Waals surface area contributed by atoms with E-state index in [1.165, 1.54) is 23.0 Å². The second kappa shape index (κ2) is 12.0. The van der Waals surface area contributed by atoms with Crippen molar-refractivity contribution < 1.29 is 8.78 Å². The second-order valence-electron chi connectivity index (χ2n) is 10.1. The van der Waals surface area contributed by atoms with Gasteiger partial charge in [0.15, 0.2) is 5.82 Å². The molecule has 1 aliphatic rings. The number of likely N-dealkylation sites (tertiary alicyclic amines) is 1. The molecule has 4 aromatic rings. The summed E-state index contributed by atoms with van der Waals surface area (Å²) in [5.41, 5.74) is 2.59. The summed E-state index contributed by atoms with van der Waals surface area (Å²) in [6.45, 7) is 8.05. The van der Waals surface area contributed by atoms with Crippen LogP contribution in [-0.2, 0) is 0 Å². The molecular formula is C29H36F2N8. The first-order valence-electron chi connectivity index (χ1n) is 13.8. The van der Waals surface area contributed by atoms with Crippen LogP contribution in [0.5, 0.6) is 0 Å². The van der Waals surface area contributed by atoms with Crippen LogP contribution in [-0.4, -0.2) is 68.7 Å². The molecule has 0 amide bonds. The highest BCUT2D eigenvalue weighted by atomic mass is 19.1. The number of hydrogen-bond donors (Lipinski definition) is 1. The lowest BCUT2D eigenvalue weighted by atomic mass is 10.0. The molecule has 3 aromatic heterocycles. The third-order valence-corrected chi connectivity index (χ3v) is 7.67. The molecule has 8 nitrogen and oxygen atoms in total. The van der Waals surface area contributed by atoms with E-state index in [2.05, 4.69) is 43.9 Å². The molecule has 0 aliphatic carbocycles. The van der Waals surface area contributed by atoms with Gasteiger partial charge >= 0.3 is 0 Å². The summed E-state index contributed by atoms with van der Waals surface area (Å²) in [4.78, 5) is 22.5. The lowest BCUT2D eigenvalue weighted by molar-refractivity contribution is 0.220. The van der Waals surface area contributed by atoms with E-state index in [9.17, 15) is 0 Å². The number of nitrogens with zero attached hydrogens (tertiary/aromatic N) is 7. The van der Waals surface area contributed by atoms with Crippen molar-refractivity contribution in [1.29, 1.82) is 0 Å². The Bertz CT molecular complexity index is 1400. The third kappa shape index (κ3) is 5.56. The van der Waals surface area contributed by atoms with Crippen molar-refractivity contribution in [2.75, 3.05) is 43.4 Å². The topological polar surface area (TPSA) is 75.0 Å².